The topological polar surface area (TPSA) is 71.2 Å². The Labute approximate surface area is 118 Å². The normalized spacial score (nSPS) is 14.5. The molecule has 0 unspecified atom stereocenters. The van der Waals surface area contributed by atoms with Crippen molar-refractivity contribution in [1.82, 2.24) is 9.88 Å². The van der Waals surface area contributed by atoms with E-state index < -0.39 is 0 Å². The van der Waals surface area contributed by atoms with Gasteiger partial charge in [0.1, 0.15) is 10.8 Å². The molecule has 1 amide bonds. The van der Waals surface area contributed by atoms with Gasteiger partial charge in [0.15, 0.2) is 0 Å². The van der Waals surface area contributed by atoms with Crippen LogP contribution in [-0.4, -0.2) is 40.4 Å². The lowest BCUT2D eigenvalue weighted by Crippen LogP contribution is -2.33. The summed E-state index contributed by atoms with van der Waals surface area (Å²) in [6, 6.07) is 3.68. The molecule has 0 atom stereocenters. The summed E-state index contributed by atoms with van der Waals surface area (Å²) in [5, 5.41) is 3.04. The van der Waals surface area contributed by atoms with Crippen LogP contribution in [0.15, 0.2) is 12.1 Å². The summed E-state index contributed by atoms with van der Waals surface area (Å²) in [4.78, 5) is 18.4. The number of nitrogens with one attached hydrogen (secondary N) is 1. The summed E-state index contributed by atoms with van der Waals surface area (Å²) in [6.07, 6.45) is 2.18. The zero-order valence-electron chi connectivity index (χ0n) is 11.0. The zero-order chi connectivity index (χ0) is 13.8. The monoisotopic (exact) mass is 278 g/mol. The van der Waals surface area contributed by atoms with Crippen LogP contribution in [0, 0.1) is 6.92 Å². The first-order valence-corrected chi connectivity index (χ1v) is 6.78. The number of hydrogen-bond acceptors (Lipinski definition) is 4. The Bertz CT molecular complexity index is 497. The average Bonchev–Trinajstić information content (AvgIpc) is 2.89. The van der Waals surface area contributed by atoms with E-state index >= 15 is 0 Å². The Hall–Kier alpha value is -1.69. The fourth-order valence-corrected chi connectivity index (χ4v) is 2.29. The van der Waals surface area contributed by atoms with Gasteiger partial charge in [0.05, 0.1) is 12.1 Å². The first kappa shape index (κ1) is 13.7. The van der Waals surface area contributed by atoms with E-state index in [1.807, 2.05) is 24.0 Å². The molecular formula is C13H18N4OS. The number of amides is 1. The van der Waals surface area contributed by atoms with Gasteiger partial charge in [-0.3, -0.25) is 4.79 Å². The molecule has 6 heteroatoms. The number of aromatic nitrogens is 1. The predicted molar refractivity (Wildman–Crippen MR) is 79.2 cm³/mol. The number of thiocarbonyl (C=S) groups is 1. The molecule has 1 fully saturated rings. The second-order valence-corrected chi connectivity index (χ2v) is 5.09. The molecule has 1 aliphatic heterocycles. The molecule has 0 aromatic carbocycles. The van der Waals surface area contributed by atoms with Gasteiger partial charge in [-0.05, 0) is 31.9 Å². The van der Waals surface area contributed by atoms with Crippen LogP contribution < -0.4 is 11.1 Å². The summed E-state index contributed by atoms with van der Waals surface area (Å²) in [5.41, 5.74) is 7.18. The maximum absolute atomic E-state index is 12.0. The van der Waals surface area contributed by atoms with E-state index in [4.69, 9.17) is 18.0 Å². The third-order valence-corrected chi connectivity index (χ3v) is 3.39. The lowest BCUT2D eigenvalue weighted by molar-refractivity contribution is -0.128. The molecule has 0 saturated carbocycles. The van der Waals surface area contributed by atoms with Crippen LogP contribution in [0.3, 0.4) is 0 Å². The molecule has 3 N–H and O–H groups in total. The molecule has 102 valence electrons. The van der Waals surface area contributed by atoms with Crippen molar-refractivity contribution < 1.29 is 4.79 Å². The minimum absolute atomic E-state index is 0.0923. The summed E-state index contributed by atoms with van der Waals surface area (Å²) in [7, 11) is 0. The van der Waals surface area contributed by atoms with Crippen molar-refractivity contribution in [2.24, 2.45) is 5.73 Å². The molecule has 2 rings (SSSR count). The third kappa shape index (κ3) is 3.41. The summed E-state index contributed by atoms with van der Waals surface area (Å²) >= 11 is 4.98. The minimum Gasteiger partial charge on any atom is -0.389 e. The highest BCUT2D eigenvalue weighted by Gasteiger charge is 2.18. The van der Waals surface area contributed by atoms with Crippen molar-refractivity contribution >= 4 is 28.9 Å². The lowest BCUT2D eigenvalue weighted by atomic mass is 10.2. The summed E-state index contributed by atoms with van der Waals surface area (Å²) in [6.45, 7) is 3.82. The molecule has 2 heterocycles. The zero-order valence-corrected chi connectivity index (χ0v) is 11.8. The fraction of sp³-hybridized carbons (Fsp3) is 0.462. The molecule has 19 heavy (non-hydrogen) atoms. The molecule has 1 aromatic rings. The van der Waals surface area contributed by atoms with Crippen LogP contribution in [0.2, 0.25) is 0 Å². The second kappa shape index (κ2) is 5.97. The minimum atomic E-state index is 0.0923. The maximum atomic E-state index is 12.0. The van der Waals surface area contributed by atoms with E-state index in [9.17, 15) is 4.79 Å². The van der Waals surface area contributed by atoms with Crippen molar-refractivity contribution in [3.63, 3.8) is 0 Å². The highest BCUT2D eigenvalue weighted by molar-refractivity contribution is 7.80. The highest BCUT2D eigenvalue weighted by Crippen LogP contribution is 2.14. The molecule has 1 aliphatic rings. The molecule has 5 nitrogen and oxygen atoms in total. The SMILES string of the molecule is Cc1ccc(C(N)=S)c(NCC(=O)N2CCCC2)n1. The molecular weight excluding hydrogens is 260 g/mol. The number of hydrogen-bond donors (Lipinski definition) is 2. The Kier molecular flexibility index (Phi) is 4.31. The standard InChI is InChI=1S/C13H18N4OS/c1-9-4-5-10(12(14)19)13(16-9)15-8-11(18)17-6-2-3-7-17/h4-5H,2-3,6-8H2,1H3,(H2,14,19)(H,15,16). The van der Waals surface area contributed by atoms with Gasteiger partial charge in [0.25, 0.3) is 0 Å². The molecule has 0 radical (unpaired) electrons. The Morgan fingerprint density at radius 2 is 2.16 bits per heavy atom. The number of likely N-dealkylation sites (tertiary alicyclic amines) is 1. The van der Waals surface area contributed by atoms with Crippen LogP contribution >= 0.6 is 12.2 Å². The van der Waals surface area contributed by atoms with Gasteiger partial charge in [-0.25, -0.2) is 4.98 Å². The average molecular weight is 278 g/mol. The number of nitrogens with two attached hydrogens (primary N) is 1. The van der Waals surface area contributed by atoms with Gasteiger partial charge in [0, 0.05) is 18.8 Å². The number of carbonyl (C=O) groups excluding carboxylic acids is 1. The van der Waals surface area contributed by atoms with Gasteiger partial charge in [-0.2, -0.15) is 0 Å². The molecule has 0 spiro atoms. The first-order valence-electron chi connectivity index (χ1n) is 6.37. The molecule has 0 aliphatic carbocycles. The van der Waals surface area contributed by atoms with Crippen LogP contribution in [-0.2, 0) is 4.79 Å². The van der Waals surface area contributed by atoms with Crippen molar-refractivity contribution in [3.05, 3.63) is 23.4 Å². The van der Waals surface area contributed by atoms with Crippen LogP contribution in [0.5, 0.6) is 0 Å². The fourth-order valence-electron chi connectivity index (χ4n) is 2.13. The Morgan fingerprint density at radius 1 is 1.47 bits per heavy atom. The number of carbonyl (C=O) groups is 1. The number of nitrogens with zero attached hydrogens (tertiary/aromatic N) is 2. The number of pyridine rings is 1. The van der Waals surface area contributed by atoms with Crippen LogP contribution in [0.25, 0.3) is 0 Å². The maximum Gasteiger partial charge on any atom is 0.241 e. The summed E-state index contributed by atoms with van der Waals surface area (Å²) in [5.74, 6) is 0.676. The highest BCUT2D eigenvalue weighted by atomic mass is 32.1. The quantitative estimate of drug-likeness (QED) is 0.806. The van der Waals surface area contributed by atoms with Gasteiger partial charge >= 0.3 is 0 Å². The molecule has 0 bridgehead atoms. The van der Waals surface area contributed by atoms with E-state index in [2.05, 4.69) is 10.3 Å². The second-order valence-electron chi connectivity index (χ2n) is 4.65. The van der Waals surface area contributed by atoms with Crippen molar-refractivity contribution in [2.45, 2.75) is 19.8 Å². The number of aryl methyl sites for hydroxylation is 1. The first-order chi connectivity index (χ1) is 9.08. The van der Waals surface area contributed by atoms with Crippen molar-refractivity contribution in [1.29, 1.82) is 0 Å². The van der Waals surface area contributed by atoms with Gasteiger partial charge in [-0.15, -0.1) is 0 Å². The Morgan fingerprint density at radius 3 is 2.79 bits per heavy atom. The largest absolute Gasteiger partial charge is 0.389 e. The lowest BCUT2D eigenvalue weighted by Gasteiger charge is -2.16. The van der Waals surface area contributed by atoms with E-state index in [1.165, 1.54) is 0 Å². The van der Waals surface area contributed by atoms with Crippen molar-refractivity contribution in [2.75, 3.05) is 25.0 Å². The third-order valence-electron chi connectivity index (χ3n) is 3.17. The van der Waals surface area contributed by atoms with Crippen molar-refractivity contribution in [3.8, 4) is 0 Å². The van der Waals surface area contributed by atoms with Gasteiger partial charge in [0.2, 0.25) is 5.91 Å². The molecule has 1 saturated heterocycles. The van der Waals surface area contributed by atoms with Crippen LogP contribution in [0.1, 0.15) is 24.1 Å². The van der Waals surface area contributed by atoms with E-state index in [-0.39, 0.29) is 17.4 Å². The van der Waals surface area contributed by atoms with Crippen LogP contribution in [0.4, 0.5) is 5.82 Å². The van der Waals surface area contributed by atoms with E-state index in [0.29, 0.717) is 11.4 Å². The Balaban J connectivity index is 2.04. The number of rotatable bonds is 4. The molecule has 1 aromatic heterocycles. The van der Waals surface area contributed by atoms with E-state index in [1.54, 1.807) is 0 Å². The van der Waals surface area contributed by atoms with E-state index in [0.717, 1.165) is 31.6 Å². The number of anilines is 1. The van der Waals surface area contributed by atoms with Gasteiger partial charge in [-0.1, -0.05) is 12.2 Å². The van der Waals surface area contributed by atoms with Gasteiger partial charge < -0.3 is 16.0 Å². The predicted octanol–water partition coefficient (Wildman–Crippen LogP) is 1.06. The summed E-state index contributed by atoms with van der Waals surface area (Å²) < 4.78 is 0. The smallest absolute Gasteiger partial charge is 0.241 e.